The van der Waals surface area contributed by atoms with Gasteiger partial charge in [0.05, 0.1) is 11.4 Å². The standard InChI is InChI=1S/C17H20N2O3S2/c1-12-15-7-9-23-16(15)6-8-19(12)11-17(20)18-13-4-3-5-14(10-13)24(2,21)22/h3-5,7,9-10,12H,6,8,11H2,1-2H3,(H,18,20)/t12-/m0/s1. The quantitative estimate of drug-likeness (QED) is 0.906. The molecule has 1 aliphatic heterocycles. The van der Waals surface area contributed by atoms with Crippen LogP contribution in [0.4, 0.5) is 5.69 Å². The molecular formula is C17H20N2O3S2. The first-order valence-electron chi connectivity index (χ1n) is 7.75. The number of thiophene rings is 1. The molecule has 24 heavy (non-hydrogen) atoms. The van der Waals surface area contributed by atoms with Crippen molar-refractivity contribution in [2.45, 2.75) is 24.3 Å². The molecule has 3 rings (SSSR count). The van der Waals surface area contributed by atoms with E-state index in [1.165, 1.54) is 22.6 Å². The highest BCUT2D eigenvalue weighted by Gasteiger charge is 2.26. The fourth-order valence-corrected chi connectivity index (χ4v) is 4.60. The second-order valence-electron chi connectivity index (χ2n) is 6.04. The van der Waals surface area contributed by atoms with Crippen LogP contribution in [0.15, 0.2) is 40.6 Å². The fourth-order valence-electron chi connectivity index (χ4n) is 2.97. The zero-order valence-corrected chi connectivity index (χ0v) is 15.3. The maximum Gasteiger partial charge on any atom is 0.238 e. The molecule has 0 spiro atoms. The van der Waals surface area contributed by atoms with E-state index >= 15 is 0 Å². The average Bonchev–Trinajstić information content (AvgIpc) is 2.99. The van der Waals surface area contributed by atoms with Crippen molar-refractivity contribution < 1.29 is 13.2 Å². The van der Waals surface area contributed by atoms with Gasteiger partial charge in [0.15, 0.2) is 9.84 Å². The van der Waals surface area contributed by atoms with Gasteiger partial charge in [-0.1, -0.05) is 6.07 Å². The zero-order chi connectivity index (χ0) is 17.3. The molecule has 0 aliphatic carbocycles. The largest absolute Gasteiger partial charge is 0.325 e. The summed E-state index contributed by atoms with van der Waals surface area (Å²) in [5.74, 6) is -0.133. The maximum absolute atomic E-state index is 12.3. The van der Waals surface area contributed by atoms with Gasteiger partial charge in [0.2, 0.25) is 5.91 Å². The Labute approximate surface area is 146 Å². The van der Waals surface area contributed by atoms with E-state index in [2.05, 4.69) is 28.6 Å². The summed E-state index contributed by atoms with van der Waals surface area (Å²) in [6.45, 7) is 3.26. The number of hydrogen-bond donors (Lipinski definition) is 1. The fraction of sp³-hybridized carbons (Fsp3) is 0.353. The van der Waals surface area contributed by atoms with E-state index in [1.54, 1.807) is 23.5 Å². The Kier molecular flexibility index (Phi) is 4.76. The molecule has 5 nitrogen and oxygen atoms in total. The summed E-state index contributed by atoms with van der Waals surface area (Å²) in [4.78, 5) is 16.1. The van der Waals surface area contributed by atoms with Crippen molar-refractivity contribution >= 4 is 32.8 Å². The Morgan fingerprint density at radius 2 is 2.17 bits per heavy atom. The van der Waals surface area contributed by atoms with Crippen LogP contribution in [0.5, 0.6) is 0 Å². The van der Waals surface area contributed by atoms with Crippen molar-refractivity contribution in [1.82, 2.24) is 4.90 Å². The summed E-state index contributed by atoms with van der Waals surface area (Å²) in [5, 5.41) is 4.90. The molecule has 1 aromatic heterocycles. The van der Waals surface area contributed by atoms with Gasteiger partial charge in [-0.05, 0) is 48.6 Å². The zero-order valence-electron chi connectivity index (χ0n) is 13.7. The van der Waals surface area contributed by atoms with Gasteiger partial charge in [0.1, 0.15) is 0 Å². The highest BCUT2D eigenvalue weighted by molar-refractivity contribution is 7.90. The number of rotatable bonds is 4. The second-order valence-corrected chi connectivity index (χ2v) is 9.06. The van der Waals surface area contributed by atoms with Crippen molar-refractivity contribution in [3.8, 4) is 0 Å². The van der Waals surface area contributed by atoms with Crippen molar-refractivity contribution in [2.24, 2.45) is 0 Å². The Hall–Kier alpha value is -1.70. The number of nitrogens with one attached hydrogen (secondary N) is 1. The highest BCUT2D eigenvalue weighted by atomic mass is 32.2. The van der Waals surface area contributed by atoms with Crippen LogP contribution < -0.4 is 5.32 Å². The van der Waals surface area contributed by atoms with E-state index in [4.69, 9.17) is 0 Å². The van der Waals surface area contributed by atoms with Crippen LogP contribution >= 0.6 is 11.3 Å². The third-order valence-corrected chi connectivity index (χ3v) is 6.40. The van der Waals surface area contributed by atoms with Gasteiger partial charge in [-0.3, -0.25) is 9.69 Å². The minimum absolute atomic E-state index is 0.133. The molecule has 7 heteroatoms. The van der Waals surface area contributed by atoms with E-state index in [1.807, 2.05) is 0 Å². The van der Waals surface area contributed by atoms with Crippen LogP contribution in [-0.4, -0.2) is 38.6 Å². The van der Waals surface area contributed by atoms with Crippen LogP contribution in [0.3, 0.4) is 0 Å². The van der Waals surface area contributed by atoms with Gasteiger partial charge >= 0.3 is 0 Å². The monoisotopic (exact) mass is 364 g/mol. The molecule has 0 unspecified atom stereocenters. The van der Waals surface area contributed by atoms with Gasteiger partial charge in [0, 0.05) is 29.4 Å². The predicted octanol–water partition coefficient (Wildman–Crippen LogP) is 2.71. The molecule has 1 amide bonds. The molecule has 1 N–H and O–H groups in total. The number of fused-ring (bicyclic) bond motifs is 1. The number of carbonyl (C=O) groups excluding carboxylic acids is 1. The van der Waals surface area contributed by atoms with E-state index < -0.39 is 9.84 Å². The third kappa shape index (κ3) is 3.68. The predicted molar refractivity (Wildman–Crippen MR) is 96.2 cm³/mol. The Balaban J connectivity index is 1.67. The van der Waals surface area contributed by atoms with Gasteiger partial charge in [0.25, 0.3) is 0 Å². The van der Waals surface area contributed by atoms with E-state index in [0.717, 1.165) is 19.2 Å². The van der Waals surface area contributed by atoms with Gasteiger partial charge in [-0.25, -0.2) is 8.42 Å². The second kappa shape index (κ2) is 6.66. The molecule has 2 heterocycles. The molecule has 2 aromatic rings. The molecule has 0 saturated carbocycles. The summed E-state index contributed by atoms with van der Waals surface area (Å²) in [5.41, 5.74) is 1.81. The normalized spacial score (nSPS) is 18.2. The Morgan fingerprint density at radius 1 is 1.38 bits per heavy atom. The van der Waals surface area contributed by atoms with Gasteiger partial charge < -0.3 is 5.32 Å². The van der Waals surface area contributed by atoms with E-state index in [0.29, 0.717) is 12.2 Å². The number of anilines is 1. The lowest BCUT2D eigenvalue weighted by Gasteiger charge is -2.32. The number of carbonyl (C=O) groups is 1. The third-order valence-electron chi connectivity index (χ3n) is 4.30. The first-order chi connectivity index (χ1) is 11.3. The van der Waals surface area contributed by atoms with E-state index in [9.17, 15) is 13.2 Å². The summed E-state index contributed by atoms with van der Waals surface area (Å²) in [6, 6.07) is 8.69. The molecule has 0 radical (unpaired) electrons. The number of sulfone groups is 1. The summed E-state index contributed by atoms with van der Waals surface area (Å²) >= 11 is 1.77. The van der Waals surface area contributed by atoms with Crippen LogP contribution in [0, 0.1) is 0 Å². The summed E-state index contributed by atoms with van der Waals surface area (Å²) in [7, 11) is -3.28. The number of nitrogens with zero attached hydrogens (tertiary/aromatic N) is 1. The maximum atomic E-state index is 12.3. The lowest BCUT2D eigenvalue weighted by Crippen LogP contribution is -2.39. The lowest BCUT2D eigenvalue weighted by atomic mass is 10.0. The molecule has 1 aliphatic rings. The van der Waals surface area contributed by atoms with Gasteiger partial charge in [-0.15, -0.1) is 11.3 Å². The molecule has 0 saturated heterocycles. The van der Waals surface area contributed by atoms with Crippen molar-refractivity contribution in [2.75, 3.05) is 24.7 Å². The molecule has 0 fully saturated rings. The molecular weight excluding hydrogens is 344 g/mol. The molecule has 0 bridgehead atoms. The minimum atomic E-state index is -3.28. The first-order valence-corrected chi connectivity index (χ1v) is 10.5. The van der Waals surface area contributed by atoms with Crippen LogP contribution in [-0.2, 0) is 21.1 Å². The van der Waals surface area contributed by atoms with Crippen molar-refractivity contribution in [1.29, 1.82) is 0 Å². The van der Waals surface area contributed by atoms with E-state index in [-0.39, 0.29) is 16.8 Å². The summed E-state index contributed by atoms with van der Waals surface area (Å²) < 4.78 is 23.2. The first kappa shape index (κ1) is 17.1. The van der Waals surface area contributed by atoms with Crippen molar-refractivity contribution in [3.05, 3.63) is 46.2 Å². The number of hydrogen-bond acceptors (Lipinski definition) is 5. The SMILES string of the molecule is C[C@H]1c2ccsc2CCN1CC(=O)Nc1cccc(S(C)(=O)=O)c1. The number of amides is 1. The van der Waals surface area contributed by atoms with Crippen LogP contribution in [0.25, 0.3) is 0 Å². The number of benzene rings is 1. The Morgan fingerprint density at radius 3 is 2.92 bits per heavy atom. The lowest BCUT2D eigenvalue weighted by molar-refractivity contribution is -0.117. The molecule has 128 valence electrons. The van der Waals surface area contributed by atoms with Crippen LogP contribution in [0.1, 0.15) is 23.4 Å². The topological polar surface area (TPSA) is 66.5 Å². The highest BCUT2D eigenvalue weighted by Crippen LogP contribution is 2.32. The van der Waals surface area contributed by atoms with Crippen LogP contribution in [0.2, 0.25) is 0 Å². The van der Waals surface area contributed by atoms with Crippen molar-refractivity contribution in [3.63, 3.8) is 0 Å². The molecule has 1 atom stereocenters. The van der Waals surface area contributed by atoms with Gasteiger partial charge in [-0.2, -0.15) is 0 Å². The smallest absolute Gasteiger partial charge is 0.238 e. The summed E-state index contributed by atoms with van der Waals surface area (Å²) in [6.07, 6.45) is 2.12. The minimum Gasteiger partial charge on any atom is -0.325 e. The Bertz CT molecular complexity index is 858. The average molecular weight is 364 g/mol. The molecule has 1 aromatic carbocycles.